The molecule has 0 aliphatic rings. The summed E-state index contributed by atoms with van der Waals surface area (Å²) in [6.07, 6.45) is 1.64. The topological polar surface area (TPSA) is 39.2 Å². The first-order valence-electron chi connectivity index (χ1n) is 5.65. The molecule has 0 unspecified atom stereocenters. The maximum atomic E-state index is 12.4. The summed E-state index contributed by atoms with van der Waals surface area (Å²) in [6.45, 7) is 5.75. The number of nitrogens with zero attached hydrogens (tertiary/aromatic N) is 1. The smallest absolute Gasteiger partial charge is 0.204 e. The number of benzene rings is 1. The number of carbonyl (C=O) groups excluding carboxylic acids is 1. The first kappa shape index (κ1) is 12.8. The minimum Gasteiger partial charge on any atom is -0.496 e. The zero-order valence-electron chi connectivity index (χ0n) is 10.9. The Kier molecular flexibility index (Phi) is 3.48. The largest absolute Gasteiger partial charge is 0.496 e. The first-order valence-corrected chi connectivity index (χ1v) is 6.47. The van der Waals surface area contributed by atoms with E-state index in [1.54, 1.807) is 13.3 Å². The van der Waals surface area contributed by atoms with Crippen LogP contribution in [0.5, 0.6) is 5.75 Å². The molecule has 18 heavy (non-hydrogen) atoms. The Morgan fingerprint density at radius 1 is 1.22 bits per heavy atom. The molecule has 94 valence electrons. The van der Waals surface area contributed by atoms with Gasteiger partial charge in [-0.3, -0.25) is 4.79 Å². The molecule has 0 radical (unpaired) electrons. The van der Waals surface area contributed by atoms with Gasteiger partial charge in [0.2, 0.25) is 5.78 Å². The number of ether oxygens (including phenoxy) is 1. The fraction of sp³-hybridized carbons (Fsp3) is 0.286. The fourth-order valence-corrected chi connectivity index (χ4v) is 2.59. The van der Waals surface area contributed by atoms with Crippen LogP contribution in [0, 0.1) is 20.8 Å². The van der Waals surface area contributed by atoms with Crippen molar-refractivity contribution in [3.05, 3.63) is 44.9 Å². The van der Waals surface area contributed by atoms with E-state index >= 15 is 0 Å². The molecule has 0 spiro atoms. The van der Waals surface area contributed by atoms with Crippen LogP contribution in [-0.4, -0.2) is 17.9 Å². The number of aromatic nitrogens is 1. The Hall–Kier alpha value is -1.68. The Labute approximate surface area is 110 Å². The van der Waals surface area contributed by atoms with Gasteiger partial charge < -0.3 is 4.74 Å². The maximum Gasteiger partial charge on any atom is 0.204 e. The average molecular weight is 261 g/mol. The molecule has 2 aromatic rings. The summed E-state index contributed by atoms with van der Waals surface area (Å²) in [7, 11) is 1.63. The third kappa shape index (κ3) is 2.29. The lowest BCUT2D eigenvalue weighted by molar-refractivity contribution is 0.104. The van der Waals surface area contributed by atoms with Crippen LogP contribution in [-0.2, 0) is 0 Å². The number of carbonyl (C=O) groups is 1. The van der Waals surface area contributed by atoms with Crippen LogP contribution in [0.1, 0.15) is 31.4 Å². The standard InChI is InChI=1S/C14H15NO2S/c1-8-6-12(17-4)9(2)5-11(8)14(16)13-7-15-10(3)18-13/h5-7H,1-4H3. The van der Waals surface area contributed by atoms with Gasteiger partial charge in [-0.05, 0) is 44.0 Å². The molecule has 0 atom stereocenters. The third-order valence-electron chi connectivity index (χ3n) is 2.83. The highest BCUT2D eigenvalue weighted by Gasteiger charge is 2.16. The van der Waals surface area contributed by atoms with Gasteiger partial charge in [0.15, 0.2) is 0 Å². The van der Waals surface area contributed by atoms with Gasteiger partial charge in [-0.15, -0.1) is 11.3 Å². The third-order valence-corrected chi connectivity index (χ3v) is 3.74. The molecule has 0 amide bonds. The molecule has 1 aromatic heterocycles. The number of rotatable bonds is 3. The molecule has 3 nitrogen and oxygen atoms in total. The number of methoxy groups -OCH3 is 1. The van der Waals surface area contributed by atoms with Crippen molar-refractivity contribution in [2.24, 2.45) is 0 Å². The maximum absolute atomic E-state index is 12.4. The average Bonchev–Trinajstić information content (AvgIpc) is 2.77. The van der Waals surface area contributed by atoms with E-state index in [2.05, 4.69) is 4.98 Å². The van der Waals surface area contributed by atoms with Crippen LogP contribution in [0.4, 0.5) is 0 Å². The van der Waals surface area contributed by atoms with Crippen LogP contribution in [0.3, 0.4) is 0 Å². The second kappa shape index (κ2) is 4.90. The predicted octanol–water partition coefficient (Wildman–Crippen LogP) is 3.31. The van der Waals surface area contributed by atoms with Crippen molar-refractivity contribution in [1.29, 1.82) is 0 Å². The summed E-state index contributed by atoms with van der Waals surface area (Å²) < 4.78 is 5.25. The van der Waals surface area contributed by atoms with Gasteiger partial charge in [-0.25, -0.2) is 4.98 Å². The van der Waals surface area contributed by atoms with E-state index in [0.29, 0.717) is 4.88 Å². The minimum atomic E-state index is 0.0313. The number of ketones is 1. The van der Waals surface area contributed by atoms with E-state index in [1.165, 1.54) is 11.3 Å². The lowest BCUT2D eigenvalue weighted by atomic mass is 10.0. The Morgan fingerprint density at radius 3 is 2.50 bits per heavy atom. The molecule has 0 bridgehead atoms. The zero-order valence-corrected chi connectivity index (χ0v) is 11.7. The quantitative estimate of drug-likeness (QED) is 0.796. The molecule has 4 heteroatoms. The summed E-state index contributed by atoms with van der Waals surface area (Å²) in [4.78, 5) is 17.2. The highest BCUT2D eigenvalue weighted by Crippen LogP contribution is 2.25. The van der Waals surface area contributed by atoms with Gasteiger partial charge in [0.1, 0.15) is 5.75 Å². The molecule has 0 aliphatic heterocycles. The highest BCUT2D eigenvalue weighted by atomic mass is 32.1. The zero-order chi connectivity index (χ0) is 13.3. The molecule has 0 saturated carbocycles. The van der Waals surface area contributed by atoms with E-state index in [-0.39, 0.29) is 5.78 Å². The van der Waals surface area contributed by atoms with Crippen molar-refractivity contribution in [2.45, 2.75) is 20.8 Å². The lowest BCUT2D eigenvalue weighted by Crippen LogP contribution is -2.03. The van der Waals surface area contributed by atoms with Crippen molar-refractivity contribution in [2.75, 3.05) is 7.11 Å². The van der Waals surface area contributed by atoms with Gasteiger partial charge in [0, 0.05) is 11.8 Å². The van der Waals surface area contributed by atoms with Crippen LogP contribution < -0.4 is 4.74 Å². The van der Waals surface area contributed by atoms with Crippen LogP contribution in [0.25, 0.3) is 0 Å². The van der Waals surface area contributed by atoms with E-state index in [1.807, 2.05) is 32.9 Å². The number of hydrogen-bond donors (Lipinski definition) is 0. The van der Waals surface area contributed by atoms with E-state index < -0.39 is 0 Å². The van der Waals surface area contributed by atoms with Crippen LogP contribution >= 0.6 is 11.3 Å². The number of hydrogen-bond acceptors (Lipinski definition) is 4. The first-order chi connectivity index (χ1) is 8.52. The van der Waals surface area contributed by atoms with Crippen molar-refractivity contribution in [3.8, 4) is 5.75 Å². The molecule has 1 heterocycles. The second-order valence-electron chi connectivity index (χ2n) is 4.21. The molecule has 0 saturated heterocycles. The molecule has 0 aliphatic carbocycles. The fourth-order valence-electron chi connectivity index (χ4n) is 1.85. The molecular formula is C14H15NO2S. The summed E-state index contributed by atoms with van der Waals surface area (Å²) in [5, 5.41) is 0.904. The van der Waals surface area contributed by atoms with Crippen LogP contribution in [0.2, 0.25) is 0 Å². The van der Waals surface area contributed by atoms with Crippen molar-refractivity contribution >= 4 is 17.1 Å². The Morgan fingerprint density at radius 2 is 1.94 bits per heavy atom. The molecule has 0 fully saturated rings. The Bertz CT molecular complexity index is 602. The Balaban J connectivity index is 2.45. The van der Waals surface area contributed by atoms with Crippen molar-refractivity contribution in [3.63, 3.8) is 0 Å². The predicted molar refractivity (Wildman–Crippen MR) is 72.8 cm³/mol. The monoisotopic (exact) mass is 261 g/mol. The van der Waals surface area contributed by atoms with Gasteiger partial charge in [-0.1, -0.05) is 0 Å². The van der Waals surface area contributed by atoms with Gasteiger partial charge in [-0.2, -0.15) is 0 Å². The van der Waals surface area contributed by atoms with Crippen molar-refractivity contribution in [1.82, 2.24) is 4.98 Å². The minimum absolute atomic E-state index is 0.0313. The lowest BCUT2D eigenvalue weighted by Gasteiger charge is -2.09. The molecular weight excluding hydrogens is 246 g/mol. The molecule has 2 rings (SSSR count). The highest BCUT2D eigenvalue weighted by molar-refractivity contribution is 7.13. The summed E-state index contributed by atoms with van der Waals surface area (Å²) >= 11 is 1.42. The van der Waals surface area contributed by atoms with Crippen molar-refractivity contribution < 1.29 is 9.53 Å². The van der Waals surface area contributed by atoms with E-state index in [0.717, 1.165) is 27.4 Å². The SMILES string of the molecule is COc1cc(C)c(C(=O)c2cnc(C)s2)cc1C. The normalized spacial score (nSPS) is 10.4. The van der Waals surface area contributed by atoms with Gasteiger partial charge in [0.25, 0.3) is 0 Å². The number of thiazole rings is 1. The summed E-state index contributed by atoms with van der Waals surface area (Å²) in [6, 6.07) is 3.78. The van der Waals surface area contributed by atoms with E-state index in [4.69, 9.17) is 4.74 Å². The van der Waals surface area contributed by atoms with Crippen LogP contribution in [0.15, 0.2) is 18.3 Å². The summed E-state index contributed by atoms with van der Waals surface area (Å²) in [5.74, 6) is 0.841. The van der Waals surface area contributed by atoms with Gasteiger partial charge >= 0.3 is 0 Å². The second-order valence-corrected chi connectivity index (χ2v) is 5.44. The number of aryl methyl sites for hydroxylation is 3. The summed E-state index contributed by atoms with van der Waals surface area (Å²) in [5.41, 5.74) is 2.61. The van der Waals surface area contributed by atoms with E-state index in [9.17, 15) is 4.79 Å². The van der Waals surface area contributed by atoms with Gasteiger partial charge in [0.05, 0.1) is 17.0 Å². The molecule has 1 aromatic carbocycles. The molecule has 0 N–H and O–H groups in total.